The molecular weight excluding hydrogens is 478 g/mol. The van der Waals surface area contributed by atoms with Crippen molar-refractivity contribution < 1.29 is 19.4 Å². The van der Waals surface area contributed by atoms with Crippen molar-refractivity contribution in [2.24, 2.45) is 5.92 Å². The molecule has 7 heteroatoms. The minimum Gasteiger partial charge on any atom is -0.507 e. The van der Waals surface area contributed by atoms with E-state index in [-0.39, 0.29) is 28.9 Å². The van der Waals surface area contributed by atoms with E-state index in [1.54, 1.807) is 4.57 Å². The second-order valence-electron chi connectivity index (χ2n) is 13.0. The van der Waals surface area contributed by atoms with Gasteiger partial charge in [0.1, 0.15) is 11.6 Å². The maximum absolute atomic E-state index is 13.5. The summed E-state index contributed by atoms with van der Waals surface area (Å²) >= 11 is 0. The molecule has 1 unspecified atom stereocenters. The van der Waals surface area contributed by atoms with Gasteiger partial charge in [0.25, 0.3) is 0 Å². The summed E-state index contributed by atoms with van der Waals surface area (Å²) in [6, 6.07) is 7.52. The molecule has 2 aromatic carbocycles. The molecule has 0 amide bonds. The summed E-state index contributed by atoms with van der Waals surface area (Å²) in [5.74, 6) is 2.42. The van der Waals surface area contributed by atoms with Crippen molar-refractivity contribution in [3.63, 3.8) is 0 Å². The van der Waals surface area contributed by atoms with Gasteiger partial charge in [-0.05, 0) is 62.2 Å². The molecule has 1 aliphatic rings. The average Bonchev–Trinajstić information content (AvgIpc) is 2.97. The predicted molar refractivity (Wildman–Crippen MR) is 154 cm³/mol. The van der Waals surface area contributed by atoms with Gasteiger partial charge in [-0.2, -0.15) is 0 Å². The van der Waals surface area contributed by atoms with E-state index in [2.05, 4.69) is 19.0 Å². The zero-order chi connectivity index (χ0) is 28.0. The van der Waals surface area contributed by atoms with Crippen LogP contribution in [0.1, 0.15) is 69.4 Å². The summed E-state index contributed by atoms with van der Waals surface area (Å²) in [6.07, 6.45) is 2.90. The van der Waals surface area contributed by atoms with E-state index >= 15 is 0 Å². The molecule has 1 atom stereocenters. The summed E-state index contributed by atoms with van der Waals surface area (Å²) in [7, 11) is 4.13. The summed E-state index contributed by atoms with van der Waals surface area (Å²) in [6.45, 7) is 14.5. The van der Waals surface area contributed by atoms with Crippen LogP contribution in [0.15, 0.2) is 30.5 Å². The van der Waals surface area contributed by atoms with E-state index in [1.165, 1.54) is 0 Å². The first kappa shape index (κ1) is 27.8. The van der Waals surface area contributed by atoms with Crippen LogP contribution in [0, 0.1) is 5.92 Å². The van der Waals surface area contributed by atoms with Gasteiger partial charge < -0.3 is 29.8 Å². The Kier molecular flexibility index (Phi) is 7.45. The van der Waals surface area contributed by atoms with Gasteiger partial charge in [0.15, 0.2) is 17.3 Å². The molecule has 4 rings (SSSR count). The maximum atomic E-state index is 13.5. The number of ether oxygens (including phenoxy) is 2. The normalized spacial score (nSPS) is 16.2. The van der Waals surface area contributed by atoms with Crippen LogP contribution in [0.2, 0.25) is 0 Å². The number of Topliss-reactive ketones (excluding diaryl/α,β-unsaturated/α-hetero) is 1. The molecule has 0 fully saturated rings. The smallest absolute Gasteiger partial charge is 0.182 e. The summed E-state index contributed by atoms with van der Waals surface area (Å²) in [4.78, 5) is 15.7. The Bertz CT molecular complexity index is 1310. The largest absolute Gasteiger partial charge is 0.507 e. The van der Waals surface area contributed by atoms with E-state index in [4.69, 9.17) is 15.2 Å². The highest BCUT2D eigenvalue weighted by molar-refractivity contribution is 5.99. The number of nitrogens with two attached hydrogens (primary N) is 1. The van der Waals surface area contributed by atoms with E-state index < -0.39 is 0 Å². The number of hydrogen-bond donors (Lipinski definition) is 2. The van der Waals surface area contributed by atoms with Crippen molar-refractivity contribution in [1.82, 2.24) is 9.47 Å². The summed E-state index contributed by atoms with van der Waals surface area (Å²) < 4.78 is 14.0. The van der Waals surface area contributed by atoms with Gasteiger partial charge in [0.05, 0.1) is 19.8 Å². The molecule has 2 heterocycles. The highest BCUT2D eigenvalue weighted by Gasteiger charge is 2.28. The molecule has 38 heavy (non-hydrogen) atoms. The number of ketones is 1. The number of hydrogen-bond acceptors (Lipinski definition) is 6. The lowest BCUT2D eigenvalue weighted by Gasteiger charge is -2.28. The fourth-order valence-electron chi connectivity index (χ4n) is 4.91. The van der Waals surface area contributed by atoms with Crippen LogP contribution in [-0.2, 0) is 17.4 Å². The minimum absolute atomic E-state index is 0.0641. The predicted octanol–water partition coefficient (Wildman–Crippen LogP) is 5.75. The monoisotopic (exact) mass is 521 g/mol. The molecule has 0 spiro atoms. The van der Waals surface area contributed by atoms with Gasteiger partial charge in [0.2, 0.25) is 0 Å². The van der Waals surface area contributed by atoms with Crippen LogP contribution in [0.4, 0.5) is 5.82 Å². The van der Waals surface area contributed by atoms with Crippen molar-refractivity contribution in [1.29, 1.82) is 0 Å². The number of benzene rings is 2. The Morgan fingerprint density at radius 3 is 2.08 bits per heavy atom. The molecule has 0 saturated carbocycles. The van der Waals surface area contributed by atoms with Crippen LogP contribution < -0.4 is 15.2 Å². The maximum Gasteiger partial charge on any atom is 0.182 e. The fourth-order valence-corrected chi connectivity index (χ4v) is 4.91. The molecule has 206 valence electrons. The quantitative estimate of drug-likeness (QED) is 0.402. The highest BCUT2D eigenvalue weighted by Crippen LogP contribution is 2.41. The Hall–Kier alpha value is -3.19. The van der Waals surface area contributed by atoms with Crippen molar-refractivity contribution >= 4 is 22.4 Å². The van der Waals surface area contributed by atoms with E-state index in [1.807, 2.05) is 72.0 Å². The molecule has 3 aromatic rings. The topological polar surface area (TPSA) is 90.0 Å². The Labute approximate surface area is 226 Å². The molecule has 3 N–H and O–H groups in total. The Morgan fingerprint density at radius 2 is 1.55 bits per heavy atom. The number of nitrogens with zero attached hydrogens (tertiary/aromatic N) is 2. The molecule has 7 nitrogen and oxygen atoms in total. The molecule has 0 aliphatic carbocycles. The third-order valence-corrected chi connectivity index (χ3v) is 7.29. The third kappa shape index (κ3) is 5.78. The van der Waals surface area contributed by atoms with Crippen LogP contribution in [0.5, 0.6) is 17.2 Å². The van der Waals surface area contributed by atoms with Crippen LogP contribution in [-0.4, -0.2) is 54.2 Å². The summed E-state index contributed by atoms with van der Waals surface area (Å²) in [5, 5.41) is 12.8. The number of anilines is 1. The van der Waals surface area contributed by atoms with Crippen molar-refractivity contribution in [3.8, 4) is 17.2 Å². The van der Waals surface area contributed by atoms with Crippen molar-refractivity contribution in [3.05, 3.63) is 47.2 Å². The zero-order valence-electron chi connectivity index (χ0n) is 24.1. The van der Waals surface area contributed by atoms with E-state index in [0.29, 0.717) is 42.0 Å². The number of carbonyl (C=O) groups excluding carboxylic acids is 1. The minimum atomic E-state index is -0.315. The molecule has 0 saturated heterocycles. The zero-order valence-corrected chi connectivity index (χ0v) is 24.1. The standard InChI is InChI=1S/C31H43N3O4/c1-30(2,3)23-11-20(12-24(28(23)36)31(4,5)6)25(35)16-34-15-21-13-26-27(14-22(21)29(34)32)38-18-19(17-37-26)9-10-33(7)8/h11-15,19,36H,9-10,16-18,32H2,1-8H3. The number of aromatic hydroxyl groups is 1. The van der Waals surface area contributed by atoms with Gasteiger partial charge in [-0.3, -0.25) is 4.79 Å². The first-order valence-corrected chi connectivity index (χ1v) is 13.4. The van der Waals surface area contributed by atoms with E-state index in [0.717, 1.165) is 34.9 Å². The SMILES string of the molecule is CN(C)CCC1COc2cc3cn(CC(=O)c4cc(C(C)(C)C)c(O)c(C(C)(C)C)c4)c(N)c3cc2OC1. The van der Waals surface area contributed by atoms with Crippen LogP contribution in [0.25, 0.3) is 10.8 Å². The van der Waals surface area contributed by atoms with Crippen molar-refractivity contribution in [2.75, 3.05) is 39.6 Å². The number of carbonyl (C=O) groups is 1. The number of fused-ring (bicyclic) bond motifs is 2. The molecular formula is C31H43N3O4. The third-order valence-electron chi connectivity index (χ3n) is 7.29. The van der Waals surface area contributed by atoms with Gasteiger partial charge >= 0.3 is 0 Å². The number of nitrogen functional groups attached to an aromatic ring is 1. The van der Waals surface area contributed by atoms with Crippen LogP contribution in [0.3, 0.4) is 0 Å². The molecule has 1 aliphatic heterocycles. The number of aromatic nitrogens is 1. The van der Waals surface area contributed by atoms with Crippen LogP contribution >= 0.6 is 0 Å². The fraction of sp³-hybridized carbons (Fsp3) is 0.516. The van der Waals surface area contributed by atoms with Gasteiger partial charge in [-0.15, -0.1) is 0 Å². The number of phenolic OH excluding ortho intramolecular Hbond substituents is 1. The van der Waals surface area contributed by atoms with Crippen molar-refractivity contribution in [2.45, 2.75) is 65.3 Å². The molecule has 1 aromatic heterocycles. The number of phenols is 1. The molecule has 0 bridgehead atoms. The second-order valence-corrected chi connectivity index (χ2v) is 13.0. The first-order valence-electron chi connectivity index (χ1n) is 13.4. The summed E-state index contributed by atoms with van der Waals surface area (Å²) in [5.41, 5.74) is 8.01. The lowest BCUT2D eigenvalue weighted by atomic mass is 9.78. The van der Waals surface area contributed by atoms with Gasteiger partial charge in [-0.1, -0.05) is 41.5 Å². The molecule has 0 radical (unpaired) electrons. The van der Waals surface area contributed by atoms with E-state index in [9.17, 15) is 9.90 Å². The first-order chi connectivity index (χ1) is 17.6. The van der Waals surface area contributed by atoms with Gasteiger partial charge in [-0.25, -0.2) is 0 Å². The average molecular weight is 522 g/mol. The second kappa shape index (κ2) is 10.2. The Morgan fingerprint density at radius 1 is 1.00 bits per heavy atom. The van der Waals surface area contributed by atoms with Gasteiger partial charge in [0, 0.05) is 39.6 Å². The highest BCUT2D eigenvalue weighted by atomic mass is 16.5. The number of rotatable bonds is 6. The Balaban J connectivity index is 1.62. The lowest BCUT2D eigenvalue weighted by Crippen LogP contribution is -2.23. The lowest BCUT2D eigenvalue weighted by molar-refractivity contribution is 0.0972.